The van der Waals surface area contributed by atoms with Crippen molar-refractivity contribution in [3.05, 3.63) is 71.8 Å². The Morgan fingerprint density at radius 3 is 1.53 bits per heavy atom. The van der Waals surface area contributed by atoms with Gasteiger partial charge < -0.3 is 5.73 Å². The van der Waals surface area contributed by atoms with Crippen LogP contribution in [0.4, 0.5) is 0 Å². The molecule has 5 nitrogen and oxygen atoms in total. The van der Waals surface area contributed by atoms with Crippen LogP contribution in [0.2, 0.25) is 0 Å². The Labute approximate surface area is 111 Å². The van der Waals surface area contributed by atoms with Crippen molar-refractivity contribution in [3.63, 3.8) is 0 Å². The van der Waals surface area contributed by atoms with Crippen LogP contribution in [0.3, 0.4) is 0 Å². The highest BCUT2D eigenvalue weighted by Crippen LogP contribution is 1.96. The summed E-state index contributed by atoms with van der Waals surface area (Å²) in [4.78, 5) is 21.2. The lowest BCUT2D eigenvalue weighted by Gasteiger charge is -1.95. The Hall–Kier alpha value is -2.66. The van der Waals surface area contributed by atoms with Gasteiger partial charge in [0.25, 0.3) is 5.91 Å². The summed E-state index contributed by atoms with van der Waals surface area (Å²) in [6.45, 7) is 0. The molecule has 0 atom stereocenters. The molecule has 2 aromatic rings. The summed E-state index contributed by atoms with van der Waals surface area (Å²) in [7, 11) is 0. The van der Waals surface area contributed by atoms with E-state index in [1.165, 1.54) is 0 Å². The molecule has 0 radical (unpaired) electrons. The first kappa shape index (κ1) is 14.4. The van der Waals surface area contributed by atoms with E-state index < -0.39 is 0 Å². The third kappa shape index (κ3) is 5.01. The molecule has 0 heterocycles. The van der Waals surface area contributed by atoms with Gasteiger partial charge >= 0.3 is 0 Å². The Morgan fingerprint density at radius 2 is 1.21 bits per heavy atom. The lowest BCUT2D eigenvalue weighted by Crippen LogP contribution is -2.29. The molecule has 0 spiro atoms. The SMILES string of the molecule is NC(=O)c1ccccc1.NNC(=O)c1ccccc1. The summed E-state index contributed by atoms with van der Waals surface area (Å²) < 4.78 is 0. The van der Waals surface area contributed by atoms with Crippen LogP contribution in [0.15, 0.2) is 60.7 Å². The third-order valence-electron chi connectivity index (χ3n) is 2.23. The second-order valence-electron chi connectivity index (χ2n) is 3.57. The highest BCUT2D eigenvalue weighted by atomic mass is 16.2. The van der Waals surface area contributed by atoms with E-state index >= 15 is 0 Å². The summed E-state index contributed by atoms with van der Waals surface area (Å²) in [5, 5.41) is 0. The van der Waals surface area contributed by atoms with Crippen LogP contribution in [-0.4, -0.2) is 11.8 Å². The lowest BCUT2D eigenvalue weighted by atomic mass is 10.2. The molecule has 0 fully saturated rings. The van der Waals surface area contributed by atoms with Crippen LogP contribution in [0, 0.1) is 0 Å². The molecule has 5 N–H and O–H groups in total. The summed E-state index contributed by atoms with van der Waals surface area (Å²) in [6, 6.07) is 17.6. The molecule has 2 rings (SSSR count). The maximum Gasteiger partial charge on any atom is 0.265 e. The molecule has 0 saturated carbocycles. The van der Waals surface area contributed by atoms with E-state index in [-0.39, 0.29) is 11.8 Å². The minimum absolute atomic E-state index is 0.263. The zero-order chi connectivity index (χ0) is 14.1. The van der Waals surface area contributed by atoms with Crippen LogP contribution < -0.4 is 17.0 Å². The molecule has 0 saturated heterocycles. The van der Waals surface area contributed by atoms with E-state index in [1.54, 1.807) is 48.5 Å². The predicted octanol–water partition coefficient (Wildman–Crippen LogP) is 1.08. The van der Waals surface area contributed by atoms with E-state index in [2.05, 4.69) is 0 Å². The number of hydrogen-bond donors (Lipinski definition) is 3. The zero-order valence-corrected chi connectivity index (χ0v) is 10.2. The number of nitrogens with one attached hydrogen (secondary N) is 1. The Morgan fingerprint density at radius 1 is 0.789 bits per heavy atom. The average Bonchev–Trinajstić information content (AvgIpc) is 2.49. The van der Waals surface area contributed by atoms with Crippen LogP contribution in [0.25, 0.3) is 0 Å². The Bertz CT molecular complexity index is 527. The normalized spacial score (nSPS) is 8.89. The molecule has 2 amide bonds. The molecule has 0 aliphatic carbocycles. The lowest BCUT2D eigenvalue weighted by molar-refractivity contribution is 0.0952. The first-order valence-electron chi connectivity index (χ1n) is 5.56. The molecule has 5 heteroatoms. The van der Waals surface area contributed by atoms with Crippen LogP contribution >= 0.6 is 0 Å². The molecule has 0 bridgehead atoms. The minimum atomic E-state index is -0.379. The maximum absolute atomic E-state index is 10.8. The van der Waals surface area contributed by atoms with Crippen molar-refractivity contribution in [1.29, 1.82) is 0 Å². The summed E-state index contributed by atoms with van der Waals surface area (Å²) in [5.41, 5.74) is 8.14. The van der Waals surface area contributed by atoms with Gasteiger partial charge in [0.2, 0.25) is 5.91 Å². The number of rotatable bonds is 2. The minimum Gasteiger partial charge on any atom is -0.366 e. The van der Waals surface area contributed by atoms with Gasteiger partial charge in [-0.1, -0.05) is 36.4 Å². The number of benzene rings is 2. The highest BCUT2D eigenvalue weighted by Gasteiger charge is 1.98. The largest absolute Gasteiger partial charge is 0.366 e. The predicted molar refractivity (Wildman–Crippen MR) is 73.1 cm³/mol. The van der Waals surface area contributed by atoms with Gasteiger partial charge in [-0.2, -0.15) is 0 Å². The van der Waals surface area contributed by atoms with Crippen molar-refractivity contribution in [2.24, 2.45) is 11.6 Å². The molecule has 0 aliphatic heterocycles. The second-order valence-corrected chi connectivity index (χ2v) is 3.57. The number of nitrogens with two attached hydrogens (primary N) is 2. The number of primary amides is 1. The number of carbonyl (C=O) groups excluding carboxylic acids is 2. The smallest absolute Gasteiger partial charge is 0.265 e. The second kappa shape index (κ2) is 7.62. The van der Waals surface area contributed by atoms with Crippen molar-refractivity contribution in [2.45, 2.75) is 0 Å². The molecule has 0 aromatic heterocycles. The first-order valence-corrected chi connectivity index (χ1v) is 5.56. The van der Waals surface area contributed by atoms with Crippen LogP contribution in [-0.2, 0) is 0 Å². The highest BCUT2D eigenvalue weighted by molar-refractivity contribution is 5.93. The van der Waals surface area contributed by atoms with Crippen molar-refractivity contribution >= 4 is 11.8 Å². The van der Waals surface area contributed by atoms with Crippen molar-refractivity contribution in [2.75, 3.05) is 0 Å². The van der Waals surface area contributed by atoms with E-state index in [9.17, 15) is 9.59 Å². The van der Waals surface area contributed by atoms with Gasteiger partial charge in [0, 0.05) is 11.1 Å². The Balaban J connectivity index is 0.000000191. The van der Waals surface area contributed by atoms with Crippen LogP contribution in [0.1, 0.15) is 20.7 Å². The zero-order valence-electron chi connectivity index (χ0n) is 10.2. The van der Waals surface area contributed by atoms with Gasteiger partial charge in [-0.05, 0) is 24.3 Å². The molecule has 0 unspecified atom stereocenters. The number of carbonyl (C=O) groups is 2. The van der Waals surface area contributed by atoms with E-state index in [1.807, 2.05) is 17.6 Å². The molecular weight excluding hydrogens is 242 g/mol. The molecule has 0 aliphatic rings. The molecule has 2 aromatic carbocycles. The van der Waals surface area contributed by atoms with Crippen molar-refractivity contribution < 1.29 is 9.59 Å². The fourth-order valence-electron chi connectivity index (χ4n) is 1.28. The van der Waals surface area contributed by atoms with Crippen molar-refractivity contribution in [1.82, 2.24) is 5.43 Å². The van der Waals surface area contributed by atoms with E-state index in [4.69, 9.17) is 11.6 Å². The molecule has 98 valence electrons. The maximum atomic E-state index is 10.8. The summed E-state index contributed by atoms with van der Waals surface area (Å²) in [5.74, 6) is 4.26. The molecular formula is C14H15N3O2. The molecule has 19 heavy (non-hydrogen) atoms. The fourth-order valence-corrected chi connectivity index (χ4v) is 1.28. The number of nitrogen functional groups attached to an aromatic ring is 1. The van der Waals surface area contributed by atoms with E-state index in [0.717, 1.165) is 0 Å². The quantitative estimate of drug-likeness (QED) is 0.426. The average molecular weight is 257 g/mol. The van der Waals surface area contributed by atoms with Gasteiger partial charge in [0.15, 0.2) is 0 Å². The first-order chi connectivity index (χ1) is 9.15. The van der Waals surface area contributed by atoms with Crippen molar-refractivity contribution in [3.8, 4) is 0 Å². The Kier molecular flexibility index (Phi) is 5.78. The standard InChI is InChI=1S/C7H8N2O.C7H7NO/c8-9-7(10)6-4-2-1-3-5-6;8-7(9)6-4-2-1-3-5-6/h1-5H,8H2,(H,9,10);1-5H,(H2,8,9). The fraction of sp³-hybridized carbons (Fsp3) is 0. The number of hydrazine groups is 1. The number of hydrogen-bond acceptors (Lipinski definition) is 3. The van der Waals surface area contributed by atoms with Gasteiger partial charge in [0.05, 0.1) is 0 Å². The van der Waals surface area contributed by atoms with Crippen LogP contribution in [0.5, 0.6) is 0 Å². The van der Waals surface area contributed by atoms with Gasteiger partial charge in [-0.3, -0.25) is 15.0 Å². The van der Waals surface area contributed by atoms with Gasteiger partial charge in [0.1, 0.15) is 0 Å². The summed E-state index contributed by atoms with van der Waals surface area (Å²) in [6.07, 6.45) is 0. The van der Waals surface area contributed by atoms with Gasteiger partial charge in [-0.25, -0.2) is 5.84 Å². The van der Waals surface area contributed by atoms with Gasteiger partial charge in [-0.15, -0.1) is 0 Å². The van der Waals surface area contributed by atoms with E-state index in [0.29, 0.717) is 11.1 Å². The topological polar surface area (TPSA) is 98.2 Å². The monoisotopic (exact) mass is 257 g/mol. The number of amides is 2. The third-order valence-corrected chi connectivity index (χ3v) is 2.23. The summed E-state index contributed by atoms with van der Waals surface area (Å²) >= 11 is 0.